The van der Waals surface area contributed by atoms with E-state index >= 15 is 0 Å². The Morgan fingerprint density at radius 1 is 1.35 bits per heavy atom. The number of rotatable bonds is 7. The first-order chi connectivity index (χ1) is 9.67. The van der Waals surface area contributed by atoms with Crippen LogP contribution in [0.5, 0.6) is 0 Å². The highest BCUT2D eigenvalue weighted by Crippen LogP contribution is 2.37. The van der Waals surface area contributed by atoms with E-state index in [0.29, 0.717) is 19.1 Å². The molecule has 0 spiro atoms. The summed E-state index contributed by atoms with van der Waals surface area (Å²) in [6, 6.07) is 10.3. The van der Waals surface area contributed by atoms with Crippen LogP contribution in [0.1, 0.15) is 32.3 Å². The average molecular weight is 278 g/mol. The molecule has 0 aromatic heterocycles. The maximum absolute atomic E-state index is 11.4. The van der Waals surface area contributed by atoms with Crippen LogP contribution < -0.4 is 0 Å². The molecular formula is C16H22O4. The van der Waals surface area contributed by atoms with Crippen LogP contribution in [-0.4, -0.2) is 25.2 Å². The number of ether oxygens (including phenoxy) is 3. The second-order valence-electron chi connectivity index (χ2n) is 5.15. The molecule has 4 heteroatoms. The molecule has 2 unspecified atom stereocenters. The van der Waals surface area contributed by atoms with E-state index in [2.05, 4.69) is 19.1 Å². The third kappa shape index (κ3) is 4.23. The maximum atomic E-state index is 11.4. The molecule has 0 bridgehead atoms. The standard InChI is InChI=1S/C16H22O4/c1-3-13(10-14-8-6-5-7-9-14)11-16(12-19-16)20-15(17)18-4-2/h5-9,13H,3-4,10-12H2,1-2H3. The van der Waals surface area contributed by atoms with Crippen molar-refractivity contribution in [3.63, 3.8) is 0 Å². The maximum Gasteiger partial charge on any atom is 0.510 e. The van der Waals surface area contributed by atoms with Gasteiger partial charge in [-0.05, 0) is 24.8 Å². The minimum atomic E-state index is -0.748. The third-order valence-electron chi connectivity index (χ3n) is 3.54. The molecule has 1 aliphatic heterocycles. The van der Waals surface area contributed by atoms with Crippen molar-refractivity contribution in [1.82, 2.24) is 0 Å². The SMILES string of the molecule is CCOC(=O)OC1(CC(CC)Cc2ccccc2)CO1. The Bertz CT molecular complexity index is 425. The fraction of sp³-hybridized carbons (Fsp3) is 0.562. The molecule has 1 saturated heterocycles. The van der Waals surface area contributed by atoms with Gasteiger partial charge in [0.15, 0.2) is 0 Å². The van der Waals surface area contributed by atoms with Gasteiger partial charge in [-0.25, -0.2) is 4.79 Å². The van der Waals surface area contributed by atoms with Crippen LogP contribution in [0.3, 0.4) is 0 Å². The average Bonchev–Trinajstić information content (AvgIpc) is 3.18. The van der Waals surface area contributed by atoms with Crippen molar-refractivity contribution in [1.29, 1.82) is 0 Å². The number of hydrogen-bond donors (Lipinski definition) is 0. The van der Waals surface area contributed by atoms with Gasteiger partial charge < -0.3 is 14.2 Å². The van der Waals surface area contributed by atoms with Crippen LogP contribution in [0, 0.1) is 5.92 Å². The fourth-order valence-corrected chi connectivity index (χ4v) is 2.35. The van der Waals surface area contributed by atoms with E-state index in [1.165, 1.54) is 5.56 Å². The first kappa shape index (κ1) is 14.9. The number of benzene rings is 1. The van der Waals surface area contributed by atoms with Crippen molar-refractivity contribution in [2.75, 3.05) is 13.2 Å². The van der Waals surface area contributed by atoms with Gasteiger partial charge in [0, 0.05) is 6.42 Å². The van der Waals surface area contributed by atoms with Gasteiger partial charge in [0.1, 0.15) is 6.61 Å². The zero-order valence-corrected chi connectivity index (χ0v) is 12.1. The van der Waals surface area contributed by atoms with Gasteiger partial charge in [-0.15, -0.1) is 0 Å². The zero-order chi connectivity index (χ0) is 14.4. The molecule has 1 aliphatic rings. The second kappa shape index (κ2) is 6.75. The molecule has 1 fully saturated rings. The van der Waals surface area contributed by atoms with E-state index in [4.69, 9.17) is 14.2 Å². The van der Waals surface area contributed by atoms with E-state index in [9.17, 15) is 4.79 Å². The van der Waals surface area contributed by atoms with E-state index < -0.39 is 11.9 Å². The lowest BCUT2D eigenvalue weighted by Gasteiger charge is -2.19. The molecule has 2 rings (SSSR count). The lowest BCUT2D eigenvalue weighted by atomic mass is 9.91. The Morgan fingerprint density at radius 3 is 2.60 bits per heavy atom. The second-order valence-corrected chi connectivity index (χ2v) is 5.15. The van der Waals surface area contributed by atoms with Gasteiger partial charge >= 0.3 is 6.16 Å². The number of carbonyl (C=O) groups is 1. The van der Waals surface area contributed by atoms with Gasteiger partial charge in [0.05, 0.1) is 6.61 Å². The van der Waals surface area contributed by atoms with Crippen molar-refractivity contribution in [2.45, 2.75) is 38.9 Å². The van der Waals surface area contributed by atoms with Crippen LogP contribution in [0.15, 0.2) is 30.3 Å². The summed E-state index contributed by atoms with van der Waals surface area (Å²) in [5.41, 5.74) is 1.30. The van der Waals surface area contributed by atoms with Crippen molar-refractivity contribution in [3.05, 3.63) is 35.9 Å². The van der Waals surface area contributed by atoms with Gasteiger partial charge in [-0.1, -0.05) is 43.7 Å². The molecule has 1 aromatic carbocycles. The minimum absolute atomic E-state index is 0.316. The predicted molar refractivity (Wildman–Crippen MR) is 75.3 cm³/mol. The Morgan fingerprint density at radius 2 is 2.05 bits per heavy atom. The van der Waals surface area contributed by atoms with Crippen molar-refractivity contribution in [2.24, 2.45) is 5.92 Å². The summed E-state index contributed by atoms with van der Waals surface area (Å²) in [6.45, 7) is 4.69. The Kier molecular flexibility index (Phi) is 5.01. The van der Waals surface area contributed by atoms with Crippen LogP contribution >= 0.6 is 0 Å². The molecule has 1 heterocycles. The molecule has 0 amide bonds. The molecule has 0 radical (unpaired) electrons. The minimum Gasteiger partial charge on any atom is -0.435 e. The molecule has 20 heavy (non-hydrogen) atoms. The summed E-state index contributed by atoms with van der Waals surface area (Å²) in [4.78, 5) is 11.4. The molecule has 110 valence electrons. The van der Waals surface area contributed by atoms with E-state index in [1.54, 1.807) is 6.92 Å². The quantitative estimate of drug-likeness (QED) is 0.565. The Balaban J connectivity index is 1.88. The number of epoxide rings is 1. The molecule has 4 nitrogen and oxygen atoms in total. The van der Waals surface area contributed by atoms with Gasteiger partial charge in [-0.3, -0.25) is 0 Å². The summed E-state index contributed by atoms with van der Waals surface area (Å²) in [5.74, 6) is -0.323. The first-order valence-electron chi connectivity index (χ1n) is 7.21. The van der Waals surface area contributed by atoms with Crippen molar-refractivity contribution < 1.29 is 19.0 Å². The normalized spacial score (nSPS) is 22.1. The lowest BCUT2D eigenvalue weighted by Crippen LogP contribution is -2.26. The van der Waals surface area contributed by atoms with E-state index in [1.807, 2.05) is 18.2 Å². The van der Waals surface area contributed by atoms with Crippen LogP contribution in [0.2, 0.25) is 0 Å². The van der Waals surface area contributed by atoms with Crippen LogP contribution in [-0.2, 0) is 20.6 Å². The summed E-state index contributed by atoms with van der Waals surface area (Å²) in [7, 11) is 0. The molecule has 0 aliphatic carbocycles. The van der Waals surface area contributed by atoms with E-state index in [0.717, 1.165) is 19.3 Å². The largest absolute Gasteiger partial charge is 0.510 e. The van der Waals surface area contributed by atoms with Crippen LogP contribution in [0.4, 0.5) is 4.79 Å². The van der Waals surface area contributed by atoms with Crippen molar-refractivity contribution >= 4 is 6.16 Å². The fourth-order valence-electron chi connectivity index (χ4n) is 2.35. The Labute approximate surface area is 120 Å². The highest BCUT2D eigenvalue weighted by atomic mass is 16.8. The molecular weight excluding hydrogens is 256 g/mol. The highest BCUT2D eigenvalue weighted by Gasteiger charge is 2.50. The molecule has 2 atom stereocenters. The van der Waals surface area contributed by atoms with Crippen LogP contribution in [0.25, 0.3) is 0 Å². The summed E-state index contributed by atoms with van der Waals surface area (Å²) < 4.78 is 15.4. The van der Waals surface area contributed by atoms with Gasteiger partial charge in [-0.2, -0.15) is 0 Å². The summed E-state index contributed by atoms with van der Waals surface area (Å²) in [6.07, 6.45) is 2.07. The molecule has 0 saturated carbocycles. The lowest BCUT2D eigenvalue weighted by molar-refractivity contribution is -0.0449. The van der Waals surface area contributed by atoms with Gasteiger partial charge in [0.2, 0.25) is 5.79 Å². The summed E-state index contributed by atoms with van der Waals surface area (Å²) >= 11 is 0. The monoisotopic (exact) mass is 278 g/mol. The molecule has 0 N–H and O–H groups in total. The molecule has 1 aromatic rings. The summed E-state index contributed by atoms with van der Waals surface area (Å²) in [5, 5.41) is 0. The number of hydrogen-bond acceptors (Lipinski definition) is 4. The third-order valence-corrected chi connectivity index (χ3v) is 3.54. The zero-order valence-electron chi connectivity index (χ0n) is 12.1. The Hall–Kier alpha value is -1.55. The number of carbonyl (C=O) groups excluding carboxylic acids is 1. The topological polar surface area (TPSA) is 48.1 Å². The highest BCUT2D eigenvalue weighted by molar-refractivity contribution is 5.60. The van der Waals surface area contributed by atoms with Gasteiger partial charge in [0.25, 0.3) is 0 Å². The smallest absolute Gasteiger partial charge is 0.435 e. The predicted octanol–water partition coefficient (Wildman–Crippen LogP) is 3.55. The van der Waals surface area contributed by atoms with Crippen molar-refractivity contribution in [3.8, 4) is 0 Å². The van der Waals surface area contributed by atoms with E-state index in [-0.39, 0.29) is 0 Å². The first-order valence-corrected chi connectivity index (χ1v) is 7.21.